The Bertz CT molecular complexity index is 897. The Hall–Kier alpha value is -1.90. The van der Waals surface area contributed by atoms with Gasteiger partial charge >= 0.3 is 19.5 Å². The van der Waals surface area contributed by atoms with Gasteiger partial charge in [-0.05, 0) is 0 Å². The maximum absolute atomic E-state index is 12.1. The Labute approximate surface area is 104 Å². The third-order valence-corrected chi connectivity index (χ3v) is 4.37. The molecule has 5 rings (SSSR count). The highest BCUT2D eigenvalue weighted by molar-refractivity contribution is 7.49. The topological polar surface area (TPSA) is 107 Å². The van der Waals surface area contributed by atoms with Crippen LogP contribution in [-0.2, 0) is 27.7 Å². The van der Waals surface area contributed by atoms with Crippen LogP contribution in [0.3, 0.4) is 0 Å². The predicted octanol–water partition coefficient (Wildman–Crippen LogP) is -0.563. The molecule has 4 bridgehead atoms. The van der Waals surface area contributed by atoms with Gasteiger partial charge < -0.3 is 4.52 Å². The molecule has 0 aliphatic carbocycles. The van der Waals surface area contributed by atoms with Gasteiger partial charge in [-0.2, -0.15) is 4.98 Å². The SMILES string of the molecule is Cn1c(=O)c2c3nc(n2C)OP2(=O)OC(O2)n3c1=O. The maximum Gasteiger partial charge on any atom is 0.540 e. The van der Waals surface area contributed by atoms with Crippen LogP contribution in [0.15, 0.2) is 9.59 Å². The average molecular weight is 286 g/mol. The summed E-state index contributed by atoms with van der Waals surface area (Å²) in [5.41, 5.74) is -0.981. The minimum Gasteiger partial charge on any atom is -0.369 e. The van der Waals surface area contributed by atoms with Gasteiger partial charge in [-0.1, -0.05) is 0 Å². The van der Waals surface area contributed by atoms with Crippen molar-refractivity contribution in [2.45, 2.75) is 6.41 Å². The van der Waals surface area contributed by atoms with Crippen LogP contribution in [0, 0.1) is 0 Å². The number of hydrogen-bond acceptors (Lipinski definition) is 7. The lowest BCUT2D eigenvalue weighted by Crippen LogP contribution is -2.43. The van der Waals surface area contributed by atoms with E-state index in [0.717, 1.165) is 9.13 Å². The summed E-state index contributed by atoms with van der Waals surface area (Å²) in [6.45, 7) is 0. The second-order valence-electron chi connectivity index (χ2n) is 4.20. The van der Waals surface area contributed by atoms with E-state index in [4.69, 9.17) is 13.6 Å². The molecule has 1 fully saturated rings. The molecule has 0 unspecified atom stereocenters. The minimum atomic E-state index is -3.74. The van der Waals surface area contributed by atoms with Crippen molar-refractivity contribution >= 4 is 19.0 Å². The van der Waals surface area contributed by atoms with Gasteiger partial charge in [0.2, 0.25) is 0 Å². The molecule has 0 radical (unpaired) electrons. The monoisotopic (exact) mass is 286 g/mol. The Balaban J connectivity index is 2.29. The molecule has 2 aromatic heterocycles. The first kappa shape index (κ1) is 11.0. The zero-order chi connectivity index (χ0) is 13.5. The average Bonchev–Trinajstić information content (AvgIpc) is 2.61. The molecule has 100 valence electrons. The lowest BCUT2D eigenvalue weighted by atomic mass is 10.5. The normalized spacial score (nSPS) is 27.8. The zero-order valence-corrected chi connectivity index (χ0v) is 10.7. The molecule has 0 aromatic carbocycles. The van der Waals surface area contributed by atoms with Crippen molar-refractivity contribution in [2.24, 2.45) is 14.1 Å². The van der Waals surface area contributed by atoms with Crippen LogP contribution in [0.1, 0.15) is 6.41 Å². The molecule has 2 aromatic rings. The number of hydrogen-bond donors (Lipinski definition) is 0. The van der Waals surface area contributed by atoms with E-state index in [9.17, 15) is 14.2 Å². The molecule has 10 nitrogen and oxygen atoms in total. The molecule has 5 heterocycles. The minimum absolute atomic E-state index is 0.0709. The van der Waals surface area contributed by atoms with Gasteiger partial charge in [-0.3, -0.25) is 13.9 Å². The van der Waals surface area contributed by atoms with Crippen molar-refractivity contribution in [3.05, 3.63) is 20.8 Å². The number of rotatable bonds is 0. The van der Waals surface area contributed by atoms with Gasteiger partial charge in [-0.15, -0.1) is 0 Å². The maximum atomic E-state index is 12.1. The largest absolute Gasteiger partial charge is 0.540 e. The third kappa shape index (κ3) is 1.14. The third-order valence-electron chi connectivity index (χ3n) is 3.11. The Kier molecular flexibility index (Phi) is 1.72. The summed E-state index contributed by atoms with van der Waals surface area (Å²) < 4.78 is 30.0. The molecule has 0 N–H and O–H groups in total. The van der Waals surface area contributed by atoms with Crippen LogP contribution in [0.2, 0.25) is 0 Å². The highest BCUT2D eigenvalue weighted by atomic mass is 31.2. The van der Waals surface area contributed by atoms with Gasteiger partial charge in [0.05, 0.1) is 0 Å². The molecule has 3 aliphatic rings. The lowest BCUT2D eigenvalue weighted by molar-refractivity contribution is -0.167. The van der Waals surface area contributed by atoms with Crippen molar-refractivity contribution in [2.75, 3.05) is 0 Å². The number of phosphoric acid groups is 1. The molecule has 3 aliphatic heterocycles. The molecule has 0 amide bonds. The summed E-state index contributed by atoms with van der Waals surface area (Å²) in [5, 5.41) is 0. The molecule has 1 saturated heterocycles. The second-order valence-corrected chi connectivity index (χ2v) is 5.70. The fourth-order valence-corrected chi connectivity index (χ4v) is 3.20. The molecule has 0 spiro atoms. The number of aromatic nitrogens is 4. The molecule has 11 heteroatoms. The number of nitrogens with zero attached hydrogens (tertiary/aromatic N) is 4. The van der Waals surface area contributed by atoms with Gasteiger partial charge in [0, 0.05) is 14.1 Å². The van der Waals surface area contributed by atoms with Gasteiger partial charge in [0.1, 0.15) is 0 Å². The predicted molar refractivity (Wildman–Crippen MR) is 59.7 cm³/mol. The summed E-state index contributed by atoms with van der Waals surface area (Å²) in [6.07, 6.45) is -1.20. The first-order valence-corrected chi connectivity index (χ1v) is 6.72. The van der Waals surface area contributed by atoms with Crippen LogP contribution in [0.25, 0.3) is 11.2 Å². The zero-order valence-electron chi connectivity index (χ0n) is 9.76. The Morgan fingerprint density at radius 2 is 1.89 bits per heavy atom. The van der Waals surface area contributed by atoms with Crippen molar-refractivity contribution in [1.82, 2.24) is 18.7 Å². The van der Waals surface area contributed by atoms with E-state index in [2.05, 4.69) is 4.98 Å². The van der Waals surface area contributed by atoms with E-state index in [-0.39, 0.29) is 17.2 Å². The summed E-state index contributed by atoms with van der Waals surface area (Å²) >= 11 is 0. The molecular weight excluding hydrogens is 279 g/mol. The van der Waals surface area contributed by atoms with Crippen LogP contribution < -0.4 is 15.8 Å². The van der Waals surface area contributed by atoms with E-state index in [1.807, 2.05) is 0 Å². The number of phosphoric ester groups is 1. The Morgan fingerprint density at radius 1 is 1.21 bits per heavy atom. The van der Waals surface area contributed by atoms with Crippen LogP contribution in [0.5, 0.6) is 6.01 Å². The van der Waals surface area contributed by atoms with Crippen molar-refractivity contribution in [1.29, 1.82) is 0 Å². The van der Waals surface area contributed by atoms with Crippen LogP contribution in [-0.4, -0.2) is 18.7 Å². The summed E-state index contributed by atoms with van der Waals surface area (Å²) in [7, 11) is -0.901. The van der Waals surface area contributed by atoms with Gasteiger partial charge in [-0.25, -0.2) is 23.0 Å². The summed E-state index contributed by atoms with van der Waals surface area (Å²) in [4.78, 5) is 28.1. The van der Waals surface area contributed by atoms with E-state index >= 15 is 0 Å². The molecule has 0 atom stereocenters. The van der Waals surface area contributed by atoms with Crippen molar-refractivity contribution in [3.8, 4) is 6.01 Å². The highest BCUT2D eigenvalue weighted by Crippen LogP contribution is 2.64. The second kappa shape index (κ2) is 2.98. The lowest BCUT2D eigenvalue weighted by Gasteiger charge is -2.33. The van der Waals surface area contributed by atoms with E-state index < -0.39 is 25.5 Å². The fourth-order valence-electron chi connectivity index (χ4n) is 2.11. The van der Waals surface area contributed by atoms with Crippen LogP contribution in [0.4, 0.5) is 0 Å². The quantitative estimate of drug-likeness (QED) is 0.597. The standard InChI is InChI=1S/C8H7N4O6P/c1-10-3-4-9-6(10)16-19(15)17-8(18-19)12(4)7(14)11(2)5(3)13/h8H,1-2H3. The molecule has 19 heavy (non-hydrogen) atoms. The fraction of sp³-hybridized carbons (Fsp3) is 0.375. The Morgan fingerprint density at radius 3 is 2.58 bits per heavy atom. The van der Waals surface area contributed by atoms with E-state index in [0.29, 0.717) is 0 Å². The van der Waals surface area contributed by atoms with Crippen LogP contribution >= 0.6 is 7.82 Å². The van der Waals surface area contributed by atoms with Crippen molar-refractivity contribution < 1.29 is 18.1 Å². The van der Waals surface area contributed by atoms with Gasteiger partial charge in [0.15, 0.2) is 11.2 Å². The van der Waals surface area contributed by atoms with E-state index in [1.165, 1.54) is 18.7 Å². The smallest absolute Gasteiger partial charge is 0.369 e. The number of aryl methyl sites for hydroxylation is 1. The molecular formula is C8H7N4O6P. The van der Waals surface area contributed by atoms with E-state index in [1.54, 1.807) is 0 Å². The van der Waals surface area contributed by atoms with Gasteiger partial charge in [0.25, 0.3) is 12.0 Å². The number of imidazole rings is 1. The summed E-state index contributed by atoms with van der Waals surface area (Å²) in [6, 6.07) is -0.104. The first-order chi connectivity index (χ1) is 8.91. The highest BCUT2D eigenvalue weighted by Gasteiger charge is 2.52. The molecule has 0 saturated carbocycles. The van der Waals surface area contributed by atoms with Crippen molar-refractivity contribution in [3.63, 3.8) is 0 Å². The summed E-state index contributed by atoms with van der Waals surface area (Å²) in [5.74, 6) is 0. The first-order valence-electron chi connectivity index (χ1n) is 5.26.